The van der Waals surface area contributed by atoms with Crippen molar-refractivity contribution in [2.75, 3.05) is 11.6 Å². The summed E-state index contributed by atoms with van der Waals surface area (Å²) in [4.78, 5) is 13.9. The van der Waals surface area contributed by atoms with E-state index in [1.54, 1.807) is 23.1 Å². The number of ether oxygens (including phenoxy) is 1. The van der Waals surface area contributed by atoms with Crippen LogP contribution in [0.5, 0.6) is 5.75 Å². The first-order chi connectivity index (χ1) is 12.3. The minimum Gasteiger partial charge on any atom is -0.428 e. The monoisotopic (exact) mass is 386 g/mol. The van der Waals surface area contributed by atoms with E-state index in [1.807, 2.05) is 0 Å². The maximum absolute atomic E-state index is 13.0. The molecule has 0 aliphatic carbocycles. The van der Waals surface area contributed by atoms with Crippen LogP contribution in [0.15, 0.2) is 52.6 Å². The summed E-state index contributed by atoms with van der Waals surface area (Å²) in [5.74, 6) is 0.0408. The highest BCUT2D eigenvalue weighted by atomic mass is 35.5. The van der Waals surface area contributed by atoms with Crippen LogP contribution in [0, 0.1) is 0 Å². The van der Waals surface area contributed by atoms with E-state index in [0.717, 1.165) is 6.07 Å². The number of pyridine rings is 1. The zero-order chi connectivity index (χ0) is 18.7. The Bertz CT molecular complexity index is 860. The first kappa shape index (κ1) is 18.1. The number of hydrogen-bond donors (Lipinski definition) is 0. The molecular formula is C16H11ClF4N4O. The van der Waals surface area contributed by atoms with E-state index in [0.29, 0.717) is 22.2 Å². The third-order valence-electron chi connectivity index (χ3n) is 3.33. The normalized spacial score (nSPS) is 14.5. The average Bonchev–Trinajstić information content (AvgIpc) is 2.61. The van der Waals surface area contributed by atoms with Crippen LogP contribution in [-0.4, -0.2) is 36.4 Å². The molecule has 136 valence electrons. The molecule has 1 aromatic carbocycles. The van der Waals surface area contributed by atoms with Gasteiger partial charge in [0, 0.05) is 23.5 Å². The fourth-order valence-electron chi connectivity index (χ4n) is 2.13. The van der Waals surface area contributed by atoms with Crippen LogP contribution in [0.25, 0.3) is 0 Å². The zero-order valence-electron chi connectivity index (χ0n) is 13.0. The molecule has 0 amide bonds. The minimum atomic E-state index is -4.57. The Labute approximate surface area is 150 Å². The molecular weight excluding hydrogens is 376 g/mol. The fourth-order valence-corrected chi connectivity index (χ4v) is 2.30. The van der Waals surface area contributed by atoms with Crippen LogP contribution < -0.4 is 9.64 Å². The van der Waals surface area contributed by atoms with Crippen molar-refractivity contribution >= 4 is 29.5 Å². The summed E-state index contributed by atoms with van der Waals surface area (Å²) in [6, 6.07) is 8.65. The number of benzene rings is 1. The standard InChI is InChI=1S/C16H11ClF4N4O/c17-13-6-10(4-5-22-13)14-23-8-25(9-24-14)11-2-1-3-12(7-11)26-16(20,21)15(18)19/h1-8,15H,9H2. The van der Waals surface area contributed by atoms with Crippen molar-refractivity contribution in [2.45, 2.75) is 12.5 Å². The van der Waals surface area contributed by atoms with E-state index in [-0.39, 0.29) is 6.67 Å². The highest BCUT2D eigenvalue weighted by Gasteiger charge is 2.44. The van der Waals surface area contributed by atoms with Gasteiger partial charge in [-0.05, 0) is 24.3 Å². The van der Waals surface area contributed by atoms with Gasteiger partial charge in [-0.25, -0.2) is 15.0 Å². The molecule has 0 N–H and O–H groups in total. The van der Waals surface area contributed by atoms with E-state index in [9.17, 15) is 17.6 Å². The summed E-state index contributed by atoms with van der Waals surface area (Å²) < 4.78 is 54.6. The van der Waals surface area contributed by atoms with Gasteiger partial charge in [-0.15, -0.1) is 0 Å². The Hall–Kier alpha value is -2.68. The van der Waals surface area contributed by atoms with Gasteiger partial charge in [0.15, 0.2) is 5.84 Å². The molecule has 0 unspecified atom stereocenters. The van der Waals surface area contributed by atoms with Crippen molar-refractivity contribution in [3.8, 4) is 5.75 Å². The van der Waals surface area contributed by atoms with Crippen molar-refractivity contribution in [3.63, 3.8) is 0 Å². The number of halogens is 5. The lowest BCUT2D eigenvalue weighted by molar-refractivity contribution is -0.253. The summed E-state index contributed by atoms with van der Waals surface area (Å²) in [5, 5.41) is 0.299. The topological polar surface area (TPSA) is 50.1 Å². The molecule has 1 aliphatic rings. The highest BCUT2D eigenvalue weighted by Crippen LogP contribution is 2.30. The van der Waals surface area contributed by atoms with E-state index < -0.39 is 18.3 Å². The van der Waals surface area contributed by atoms with Crippen LogP contribution in [0.3, 0.4) is 0 Å². The molecule has 0 saturated heterocycles. The second-order valence-electron chi connectivity index (χ2n) is 5.17. The maximum Gasteiger partial charge on any atom is 0.461 e. The Balaban J connectivity index is 1.74. The van der Waals surface area contributed by atoms with E-state index in [1.165, 1.54) is 24.7 Å². The molecule has 1 aliphatic heterocycles. The third kappa shape index (κ3) is 4.10. The average molecular weight is 387 g/mol. The molecule has 0 bridgehead atoms. The van der Waals surface area contributed by atoms with E-state index >= 15 is 0 Å². The summed E-state index contributed by atoms with van der Waals surface area (Å²) in [7, 11) is 0. The van der Waals surface area contributed by atoms with Gasteiger partial charge in [0.25, 0.3) is 0 Å². The Morgan fingerprint density at radius 2 is 2.00 bits per heavy atom. The zero-order valence-corrected chi connectivity index (χ0v) is 13.7. The lowest BCUT2D eigenvalue weighted by Crippen LogP contribution is -2.33. The predicted molar refractivity (Wildman–Crippen MR) is 89.6 cm³/mol. The molecule has 2 heterocycles. The summed E-state index contributed by atoms with van der Waals surface area (Å²) in [6.07, 6.45) is -5.53. The smallest absolute Gasteiger partial charge is 0.428 e. The van der Waals surface area contributed by atoms with Gasteiger partial charge in [-0.2, -0.15) is 17.6 Å². The van der Waals surface area contributed by atoms with Crippen LogP contribution in [0.4, 0.5) is 23.2 Å². The van der Waals surface area contributed by atoms with Crippen molar-refractivity contribution in [1.29, 1.82) is 0 Å². The summed E-state index contributed by atoms with van der Waals surface area (Å²) in [6.45, 7) is 0.146. The number of anilines is 1. The molecule has 0 atom stereocenters. The molecule has 0 radical (unpaired) electrons. The quantitative estimate of drug-likeness (QED) is 0.571. The maximum atomic E-state index is 13.0. The summed E-state index contributed by atoms with van der Waals surface area (Å²) in [5.41, 5.74) is 1.08. The second kappa shape index (κ2) is 7.28. The van der Waals surface area contributed by atoms with Crippen LogP contribution in [0.1, 0.15) is 5.56 Å². The second-order valence-corrected chi connectivity index (χ2v) is 5.55. The third-order valence-corrected chi connectivity index (χ3v) is 3.54. The lowest BCUT2D eigenvalue weighted by Gasteiger charge is -2.22. The van der Waals surface area contributed by atoms with Gasteiger partial charge < -0.3 is 9.64 Å². The predicted octanol–water partition coefficient (Wildman–Crippen LogP) is 4.22. The molecule has 10 heteroatoms. The van der Waals surface area contributed by atoms with Gasteiger partial charge in [0.2, 0.25) is 0 Å². The molecule has 0 saturated carbocycles. The van der Waals surface area contributed by atoms with Gasteiger partial charge in [0.05, 0.1) is 6.34 Å². The minimum absolute atomic E-state index is 0.146. The molecule has 2 aromatic rings. The van der Waals surface area contributed by atoms with E-state index in [2.05, 4.69) is 19.7 Å². The SMILES string of the molecule is FC(F)C(F)(F)Oc1cccc(N2C=NC(c3ccnc(Cl)c3)=NC2)c1. The van der Waals surface area contributed by atoms with Crippen molar-refractivity contribution < 1.29 is 22.3 Å². The first-order valence-electron chi connectivity index (χ1n) is 7.27. The highest BCUT2D eigenvalue weighted by molar-refractivity contribution is 6.29. The van der Waals surface area contributed by atoms with Crippen molar-refractivity contribution in [1.82, 2.24) is 4.98 Å². The number of hydrogen-bond acceptors (Lipinski definition) is 5. The molecule has 26 heavy (non-hydrogen) atoms. The van der Waals surface area contributed by atoms with Gasteiger partial charge in [0.1, 0.15) is 17.6 Å². The van der Waals surface area contributed by atoms with E-state index in [4.69, 9.17) is 11.6 Å². The number of nitrogens with zero attached hydrogens (tertiary/aromatic N) is 4. The number of alkyl halides is 4. The van der Waals surface area contributed by atoms with Crippen molar-refractivity contribution in [2.24, 2.45) is 9.98 Å². The van der Waals surface area contributed by atoms with Gasteiger partial charge >= 0.3 is 12.5 Å². The summed E-state index contributed by atoms with van der Waals surface area (Å²) >= 11 is 5.82. The molecule has 0 spiro atoms. The number of aromatic nitrogens is 1. The van der Waals surface area contributed by atoms with Crippen LogP contribution in [0.2, 0.25) is 5.15 Å². The fraction of sp³-hybridized carbons (Fsp3) is 0.188. The lowest BCUT2D eigenvalue weighted by atomic mass is 10.2. The van der Waals surface area contributed by atoms with Crippen LogP contribution >= 0.6 is 11.6 Å². The Morgan fingerprint density at radius 3 is 2.65 bits per heavy atom. The van der Waals surface area contributed by atoms with Crippen molar-refractivity contribution in [3.05, 3.63) is 53.3 Å². The molecule has 0 fully saturated rings. The molecule has 5 nitrogen and oxygen atoms in total. The first-order valence-corrected chi connectivity index (χ1v) is 7.65. The van der Waals surface area contributed by atoms with Gasteiger partial charge in [-0.1, -0.05) is 17.7 Å². The van der Waals surface area contributed by atoms with Crippen LogP contribution in [-0.2, 0) is 0 Å². The Morgan fingerprint density at radius 1 is 1.19 bits per heavy atom. The largest absolute Gasteiger partial charge is 0.461 e. The van der Waals surface area contributed by atoms with Gasteiger partial charge in [-0.3, -0.25) is 0 Å². The number of amidine groups is 1. The molecule has 1 aromatic heterocycles. The molecule has 3 rings (SSSR count). The Kier molecular flexibility index (Phi) is 5.08. The number of aliphatic imine (C=N–C) groups is 2. The number of rotatable bonds is 5.